The lowest BCUT2D eigenvalue weighted by atomic mass is 10.1. The van der Waals surface area contributed by atoms with Gasteiger partial charge in [-0.05, 0) is 30.5 Å². The van der Waals surface area contributed by atoms with Gasteiger partial charge in [-0.3, -0.25) is 0 Å². The second-order valence-corrected chi connectivity index (χ2v) is 7.89. The zero-order valence-electron chi connectivity index (χ0n) is 11.7. The van der Waals surface area contributed by atoms with Crippen LogP contribution in [0.4, 0.5) is 0 Å². The van der Waals surface area contributed by atoms with Crippen LogP contribution < -0.4 is 10.5 Å². The van der Waals surface area contributed by atoms with Gasteiger partial charge in [0.15, 0.2) is 0 Å². The Morgan fingerprint density at radius 1 is 1.14 bits per heavy atom. The Labute approximate surface area is 136 Å². The smallest absolute Gasteiger partial charge is 0.242 e. The topological polar surface area (TPSA) is 72.2 Å². The molecule has 0 atom stereocenters. The van der Waals surface area contributed by atoms with E-state index in [4.69, 9.17) is 28.9 Å². The summed E-state index contributed by atoms with van der Waals surface area (Å²) in [5.74, 6) is 0. The second-order valence-electron chi connectivity index (χ2n) is 5.39. The number of halogens is 2. The molecule has 21 heavy (non-hydrogen) atoms. The largest absolute Gasteiger partial charge is 0.326 e. The molecule has 1 fully saturated rings. The summed E-state index contributed by atoms with van der Waals surface area (Å²) in [6.45, 7) is 0.144. The van der Waals surface area contributed by atoms with E-state index in [1.807, 2.05) is 0 Å². The van der Waals surface area contributed by atoms with Crippen LogP contribution >= 0.6 is 23.2 Å². The molecule has 1 aliphatic carbocycles. The molecule has 1 aliphatic rings. The number of benzene rings is 1. The zero-order chi connectivity index (χ0) is 15.5. The fourth-order valence-corrected chi connectivity index (χ4v) is 4.89. The van der Waals surface area contributed by atoms with E-state index in [0.29, 0.717) is 10.6 Å². The maximum atomic E-state index is 12.6. The third-order valence-electron chi connectivity index (χ3n) is 3.77. The lowest BCUT2D eigenvalue weighted by Gasteiger charge is -2.18. The van der Waals surface area contributed by atoms with Crippen molar-refractivity contribution in [2.45, 2.75) is 56.0 Å². The highest BCUT2D eigenvalue weighted by Gasteiger charge is 2.24. The van der Waals surface area contributed by atoms with Gasteiger partial charge in [-0.25, -0.2) is 13.1 Å². The Morgan fingerprint density at radius 2 is 1.76 bits per heavy atom. The molecule has 0 spiro atoms. The summed E-state index contributed by atoms with van der Waals surface area (Å²) in [6, 6.07) is 2.94. The van der Waals surface area contributed by atoms with Crippen LogP contribution in [0.1, 0.15) is 44.1 Å². The molecule has 0 aromatic heterocycles. The standard InChI is InChI=1S/C14H20Cl2N2O2S/c15-11-7-10(9-17)14(16)13(8-11)21(19,20)18-12-5-3-1-2-4-6-12/h7-8,12,18H,1-6,9,17H2. The number of sulfonamides is 1. The molecule has 0 aliphatic heterocycles. The first kappa shape index (κ1) is 17.0. The maximum absolute atomic E-state index is 12.6. The van der Waals surface area contributed by atoms with E-state index in [9.17, 15) is 8.42 Å². The Bertz CT molecular complexity index is 597. The first-order valence-electron chi connectivity index (χ1n) is 7.14. The molecule has 0 radical (unpaired) electrons. The highest BCUT2D eigenvalue weighted by Crippen LogP contribution is 2.30. The minimum atomic E-state index is -3.68. The number of rotatable bonds is 4. The predicted octanol–water partition coefficient (Wildman–Crippen LogP) is 3.45. The van der Waals surface area contributed by atoms with Crippen LogP contribution in [0.3, 0.4) is 0 Å². The van der Waals surface area contributed by atoms with Crippen LogP contribution in [0.15, 0.2) is 17.0 Å². The molecule has 2 rings (SSSR count). The average molecular weight is 351 g/mol. The summed E-state index contributed by atoms with van der Waals surface area (Å²) in [5, 5.41) is 0.476. The number of hydrogen-bond acceptors (Lipinski definition) is 3. The van der Waals surface area contributed by atoms with Gasteiger partial charge in [-0.2, -0.15) is 0 Å². The Hall–Kier alpha value is -0.330. The van der Waals surface area contributed by atoms with Crippen molar-refractivity contribution in [2.24, 2.45) is 5.73 Å². The van der Waals surface area contributed by atoms with E-state index in [1.165, 1.54) is 6.07 Å². The third kappa shape index (κ3) is 4.33. The molecule has 7 heteroatoms. The molecule has 118 valence electrons. The maximum Gasteiger partial charge on any atom is 0.242 e. The lowest BCUT2D eigenvalue weighted by molar-refractivity contribution is 0.510. The van der Waals surface area contributed by atoms with E-state index in [2.05, 4.69) is 4.72 Å². The molecule has 0 bridgehead atoms. The van der Waals surface area contributed by atoms with Crippen LogP contribution in [0.5, 0.6) is 0 Å². The van der Waals surface area contributed by atoms with Crippen LogP contribution in [0.25, 0.3) is 0 Å². The van der Waals surface area contributed by atoms with Crippen LogP contribution in [0.2, 0.25) is 10.0 Å². The fourth-order valence-electron chi connectivity index (χ4n) is 2.64. The number of nitrogens with two attached hydrogens (primary N) is 1. The van der Waals surface area contributed by atoms with E-state index in [0.717, 1.165) is 38.5 Å². The molecular formula is C14H20Cl2N2O2S. The van der Waals surface area contributed by atoms with Gasteiger partial charge in [-0.1, -0.05) is 48.9 Å². The summed E-state index contributed by atoms with van der Waals surface area (Å²) in [4.78, 5) is 0.0152. The van der Waals surface area contributed by atoms with Crippen molar-refractivity contribution in [1.29, 1.82) is 0 Å². The number of hydrogen-bond donors (Lipinski definition) is 2. The molecule has 4 nitrogen and oxygen atoms in total. The second kappa shape index (κ2) is 7.29. The first-order chi connectivity index (χ1) is 9.94. The predicted molar refractivity (Wildman–Crippen MR) is 86.2 cm³/mol. The van der Waals surface area contributed by atoms with E-state index in [-0.39, 0.29) is 22.5 Å². The van der Waals surface area contributed by atoms with Crippen LogP contribution in [0, 0.1) is 0 Å². The fraction of sp³-hybridized carbons (Fsp3) is 0.571. The lowest BCUT2D eigenvalue weighted by Crippen LogP contribution is -2.34. The van der Waals surface area contributed by atoms with E-state index >= 15 is 0 Å². The van der Waals surface area contributed by atoms with Gasteiger partial charge in [-0.15, -0.1) is 0 Å². The third-order valence-corrected chi connectivity index (χ3v) is 6.09. The molecule has 1 saturated carbocycles. The van der Waals surface area contributed by atoms with Gasteiger partial charge in [0.05, 0.1) is 5.02 Å². The van der Waals surface area contributed by atoms with Gasteiger partial charge in [0, 0.05) is 17.6 Å². The van der Waals surface area contributed by atoms with Crippen molar-refractivity contribution in [2.75, 3.05) is 0 Å². The molecule has 1 aromatic carbocycles. The molecule has 1 aromatic rings. The van der Waals surface area contributed by atoms with Crippen molar-refractivity contribution in [3.8, 4) is 0 Å². The summed E-state index contributed by atoms with van der Waals surface area (Å²) in [5.41, 5.74) is 6.11. The highest BCUT2D eigenvalue weighted by molar-refractivity contribution is 7.89. The van der Waals surface area contributed by atoms with Gasteiger partial charge in [0.2, 0.25) is 10.0 Å². The summed E-state index contributed by atoms with van der Waals surface area (Å²) < 4.78 is 27.9. The normalized spacial score (nSPS) is 17.7. The first-order valence-corrected chi connectivity index (χ1v) is 9.38. The number of nitrogens with one attached hydrogen (secondary N) is 1. The van der Waals surface area contributed by atoms with Crippen molar-refractivity contribution in [3.05, 3.63) is 27.7 Å². The quantitative estimate of drug-likeness (QED) is 0.816. The van der Waals surface area contributed by atoms with Crippen molar-refractivity contribution >= 4 is 33.2 Å². The molecular weight excluding hydrogens is 331 g/mol. The molecule has 0 heterocycles. The average Bonchev–Trinajstić information content (AvgIpc) is 2.68. The van der Waals surface area contributed by atoms with Crippen molar-refractivity contribution in [3.63, 3.8) is 0 Å². The van der Waals surface area contributed by atoms with Crippen LogP contribution in [-0.4, -0.2) is 14.5 Å². The SMILES string of the molecule is NCc1cc(Cl)cc(S(=O)(=O)NC2CCCCCC2)c1Cl. The zero-order valence-corrected chi connectivity index (χ0v) is 14.1. The van der Waals surface area contributed by atoms with Crippen molar-refractivity contribution < 1.29 is 8.42 Å². The van der Waals surface area contributed by atoms with Gasteiger partial charge in [0.1, 0.15) is 4.90 Å². The van der Waals surface area contributed by atoms with Gasteiger partial charge >= 0.3 is 0 Å². The molecule has 0 saturated heterocycles. The van der Waals surface area contributed by atoms with Crippen LogP contribution in [-0.2, 0) is 16.6 Å². The molecule has 0 amide bonds. The Balaban J connectivity index is 2.28. The van der Waals surface area contributed by atoms with E-state index in [1.54, 1.807) is 6.07 Å². The van der Waals surface area contributed by atoms with Gasteiger partial charge < -0.3 is 5.73 Å². The monoisotopic (exact) mass is 350 g/mol. The summed E-state index contributed by atoms with van der Waals surface area (Å²) in [6.07, 6.45) is 6.14. The van der Waals surface area contributed by atoms with Crippen molar-refractivity contribution in [1.82, 2.24) is 4.72 Å². The Kier molecular flexibility index (Phi) is 5.91. The van der Waals surface area contributed by atoms with E-state index < -0.39 is 10.0 Å². The van der Waals surface area contributed by atoms with Gasteiger partial charge in [0.25, 0.3) is 0 Å². The molecule has 3 N–H and O–H groups in total. The Morgan fingerprint density at radius 3 is 2.33 bits per heavy atom. The minimum absolute atomic E-state index is 0.0152. The molecule has 0 unspecified atom stereocenters. The highest BCUT2D eigenvalue weighted by atomic mass is 35.5. The summed E-state index contributed by atoms with van der Waals surface area (Å²) in [7, 11) is -3.68. The minimum Gasteiger partial charge on any atom is -0.326 e. The summed E-state index contributed by atoms with van der Waals surface area (Å²) >= 11 is 12.1.